The van der Waals surface area contributed by atoms with Gasteiger partial charge in [-0.1, -0.05) is 65.2 Å². The minimum atomic E-state index is -0.911. The van der Waals surface area contributed by atoms with Gasteiger partial charge in [0.2, 0.25) is 0 Å². The van der Waals surface area contributed by atoms with Crippen molar-refractivity contribution in [1.29, 1.82) is 0 Å². The molecule has 5 heteroatoms. The monoisotopic (exact) mass is 410 g/mol. The molecule has 1 atom stereocenters. The average molecular weight is 411 g/mol. The lowest BCUT2D eigenvalue weighted by atomic mass is 9.84. The summed E-state index contributed by atoms with van der Waals surface area (Å²) in [5.41, 5.74) is 3.14. The van der Waals surface area contributed by atoms with E-state index in [1.54, 1.807) is 0 Å². The third-order valence-electron chi connectivity index (χ3n) is 4.41. The summed E-state index contributed by atoms with van der Waals surface area (Å²) in [6.07, 6.45) is 5.51. The molecule has 0 bridgehead atoms. The van der Waals surface area contributed by atoms with Crippen molar-refractivity contribution in [3.63, 3.8) is 0 Å². The fourth-order valence-electron chi connectivity index (χ4n) is 2.81. The number of carbonyl (C=O) groups is 1. The molecule has 160 valence electrons. The number of ether oxygens (including phenoxy) is 1. The fourth-order valence-corrected chi connectivity index (χ4v) is 4.34. The minimum absolute atomic E-state index is 0.0928. The highest BCUT2D eigenvalue weighted by molar-refractivity contribution is 7.47. The summed E-state index contributed by atoms with van der Waals surface area (Å²) in [5, 5.41) is 0. The lowest BCUT2D eigenvalue weighted by Crippen LogP contribution is -2.18. The molecule has 1 aromatic carbocycles. The van der Waals surface area contributed by atoms with E-state index >= 15 is 0 Å². The Morgan fingerprint density at radius 2 is 1.64 bits per heavy atom. The van der Waals surface area contributed by atoms with Crippen LogP contribution in [0.1, 0.15) is 83.4 Å². The normalized spacial score (nSPS) is 12.8. The van der Waals surface area contributed by atoms with Gasteiger partial charge in [-0.2, -0.15) is 0 Å². The number of benzene rings is 1. The molecule has 1 unspecified atom stereocenters. The van der Waals surface area contributed by atoms with Crippen LogP contribution in [-0.2, 0) is 19.3 Å². The Bertz CT molecular complexity index is 607. The Kier molecular flexibility index (Phi) is 11.3. The van der Waals surface area contributed by atoms with Crippen LogP contribution in [0.3, 0.4) is 0 Å². The molecule has 0 aliphatic rings. The molecule has 0 N–H and O–H groups in total. The lowest BCUT2D eigenvalue weighted by molar-refractivity contribution is -0.135. The second kappa shape index (κ2) is 12.6. The molecule has 0 fully saturated rings. The summed E-state index contributed by atoms with van der Waals surface area (Å²) < 4.78 is 17.5. The largest absolute Gasteiger partial charge is 0.426 e. The van der Waals surface area contributed by atoms with Gasteiger partial charge in [0.1, 0.15) is 5.75 Å². The molecule has 0 aromatic heterocycles. The number of esters is 1. The van der Waals surface area contributed by atoms with Gasteiger partial charge in [0.05, 0.1) is 19.6 Å². The van der Waals surface area contributed by atoms with Crippen molar-refractivity contribution in [3.8, 4) is 5.75 Å². The zero-order chi connectivity index (χ0) is 21.2. The molecule has 0 saturated heterocycles. The Morgan fingerprint density at radius 1 is 1.00 bits per heavy atom. The zero-order valence-corrected chi connectivity index (χ0v) is 19.8. The molecule has 0 spiro atoms. The van der Waals surface area contributed by atoms with Crippen molar-refractivity contribution < 1.29 is 18.6 Å². The third kappa shape index (κ3) is 9.03. The van der Waals surface area contributed by atoms with Crippen molar-refractivity contribution in [2.45, 2.75) is 86.0 Å². The standard InChI is InChI=1S/C23H39O4P/c1-8-10-13-25-28(15-11-9-2)26-14-12-21(24)27-22-19(4)16-18(3)17-20(22)23(5,6)7/h16-17H,8-15H2,1-7H3. The maximum Gasteiger partial charge on any atom is 0.313 e. The van der Waals surface area contributed by atoms with Gasteiger partial charge in [0.15, 0.2) is 8.38 Å². The Balaban J connectivity index is 2.64. The van der Waals surface area contributed by atoms with Crippen LogP contribution in [-0.4, -0.2) is 25.3 Å². The molecule has 1 rings (SSSR count). The summed E-state index contributed by atoms with van der Waals surface area (Å²) >= 11 is 0. The van der Waals surface area contributed by atoms with E-state index in [1.807, 2.05) is 6.92 Å². The van der Waals surface area contributed by atoms with Crippen molar-refractivity contribution in [3.05, 3.63) is 28.8 Å². The molecule has 28 heavy (non-hydrogen) atoms. The SMILES string of the molecule is CCCCOP(CCCC)OCCC(=O)Oc1c(C)cc(C)cc1C(C)(C)C. The predicted octanol–water partition coefficient (Wildman–Crippen LogP) is 6.84. The van der Waals surface area contributed by atoms with E-state index < -0.39 is 8.38 Å². The fraction of sp³-hybridized carbons (Fsp3) is 0.696. The predicted molar refractivity (Wildman–Crippen MR) is 118 cm³/mol. The molecule has 0 radical (unpaired) electrons. The molecular weight excluding hydrogens is 371 g/mol. The minimum Gasteiger partial charge on any atom is -0.426 e. The van der Waals surface area contributed by atoms with Crippen LogP contribution in [0.25, 0.3) is 0 Å². The van der Waals surface area contributed by atoms with Gasteiger partial charge in [0, 0.05) is 11.7 Å². The van der Waals surface area contributed by atoms with Gasteiger partial charge < -0.3 is 13.8 Å². The van der Waals surface area contributed by atoms with Crippen molar-refractivity contribution in [2.75, 3.05) is 19.4 Å². The number of carbonyl (C=O) groups excluding carboxylic acids is 1. The van der Waals surface area contributed by atoms with Crippen LogP contribution in [0, 0.1) is 13.8 Å². The van der Waals surface area contributed by atoms with Crippen LogP contribution in [0.4, 0.5) is 0 Å². The van der Waals surface area contributed by atoms with Gasteiger partial charge in [-0.25, -0.2) is 0 Å². The van der Waals surface area contributed by atoms with E-state index in [4.69, 9.17) is 13.8 Å². The van der Waals surface area contributed by atoms with E-state index in [9.17, 15) is 4.79 Å². The number of hydrogen-bond donors (Lipinski definition) is 0. The topological polar surface area (TPSA) is 44.8 Å². The second-order valence-corrected chi connectivity index (χ2v) is 9.99. The van der Waals surface area contributed by atoms with E-state index in [-0.39, 0.29) is 17.8 Å². The Morgan fingerprint density at radius 3 is 2.25 bits per heavy atom. The number of unbranched alkanes of at least 4 members (excludes halogenated alkanes) is 2. The summed E-state index contributed by atoms with van der Waals surface area (Å²) in [6.45, 7) is 15.8. The lowest BCUT2D eigenvalue weighted by Gasteiger charge is -2.24. The van der Waals surface area contributed by atoms with Crippen molar-refractivity contribution in [1.82, 2.24) is 0 Å². The first-order chi connectivity index (χ1) is 13.2. The first-order valence-electron chi connectivity index (χ1n) is 10.5. The molecule has 4 nitrogen and oxygen atoms in total. The Hall–Kier alpha value is -0.960. The molecule has 1 aromatic rings. The molecule has 0 amide bonds. The molecule has 0 aliphatic heterocycles. The van der Waals surface area contributed by atoms with E-state index in [0.29, 0.717) is 12.4 Å². The van der Waals surface area contributed by atoms with Gasteiger partial charge >= 0.3 is 5.97 Å². The van der Waals surface area contributed by atoms with Crippen molar-refractivity contribution in [2.24, 2.45) is 0 Å². The molecular formula is C23H39O4P. The summed E-state index contributed by atoms with van der Waals surface area (Å²) in [4.78, 5) is 12.4. The van der Waals surface area contributed by atoms with Gasteiger partial charge in [-0.05, 0) is 37.7 Å². The summed E-state index contributed by atoms with van der Waals surface area (Å²) in [6, 6.07) is 4.16. The quantitative estimate of drug-likeness (QED) is 0.164. The van der Waals surface area contributed by atoms with Crippen LogP contribution >= 0.6 is 8.38 Å². The first-order valence-corrected chi connectivity index (χ1v) is 11.9. The van der Waals surface area contributed by atoms with Crippen LogP contribution in [0.5, 0.6) is 5.75 Å². The van der Waals surface area contributed by atoms with Crippen LogP contribution in [0.15, 0.2) is 12.1 Å². The van der Waals surface area contributed by atoms with Crippen LogP contribution in [0.2, 0.25) is 0 Å². The highest BCUT2D eigenvalue weighted by Gasteiger charge is 2.23. The van der Waals surface area contributed by atoms with E-state index in [1.165, 1.54) is 5.56 Å². The van der Waals surface area contributed by atoms with E-state index in [0.717, 1.165) is 49.6 Å². The first kappa shape index (κ1) is 25.1. The number of hydrogen-bond acceptors (Lipinski definition) is 4. The van der Waals surface area contributed by atoms with Crippen molar-refractivity contribution >= 4 is 14.3 Å². The highest BCUT2D eigenvalue weighted by Crippen LogP contribution is 2.40. The van der Waals surface area contributed by atoms with Crippen LogP contribution < -0.4 is 4.74 Å². The number of rotatable bonds is 12. The molecule has 0 saturated carbocycles. The van der Waals surface area contributed by atoms with Gasteiger partial charge in [-0.15, -0.1) is 0 Å². The Labute approximate surface area is 173 Å². The maximum atomic E-state index is 12.4. The van der Waals surface area contributed by atoms with Gasteiger partial charge in [-0.3, -0.25) is 4.79 Å². The van der Waals surface area contributed by atoms with Gasteiger partial charge in [0.25, 0.3) is 0 Å². The van der Waals surface area contributed by atoms with E-state index in [2.05, 4.69) is 53.7 Å². The summed E-state index contributed by atoms with van der Waals surface area (Å²) in [5.74, 6) is 0.437. The average Bonchev–Trinajstić information content (AvgIpc) is 2.60. The maximum absolute atomic E-state index is 12.4. The number of aryl methyl sites for hydroxylation is 2. The molecule has 0 aliphatic carbocycles. The zero-order valence-electron chi connectivity index (χ0n) is 18.9. The highest BCUT2D eigenvalue weighted by atomic mass is 31.2. The molecule has 0 heterocycles. The second-order valence-electron chi connectivity index (χ2n) is 8.36. The summed E-state index contributed by atoms with van der Waals surface area (Å²) in [7, 11) is -0.911. The smallest absolute Gasteiger partial charge is 0.313 e. The third-order valence-corrected chi connectivity index (χ3v) is 6.03.